The van der Waals surface area contributed by atoms with Gasteiger partial charge in [-0.25, -0.2) is 18.7 Å². The fourth-order valence-electron chi connectivity index (χ4n) is 4.22. The molecule has 0 saturated carbocycles. The van der Waals surface area contributed by atoms with Crippen LogP contribution in [0.15, 0.2) is 55.0 Å². The second kappa shape index (κ2) is 9.48. The third kappa shape index (κ3) is 4.64. The number of nitrogens with one attached hydrogen (secondary N) is 2. The monoisotopic (exact) mass is 481 g/mol. The van der Waals surface area contributed by atoms with Crippen LogP contribution < -0.4 is 10.6 Å². The van der Waals surface area contributed by atoms with E-state index < -0.39 is 11.6 Å². The van der Waals surface area contributed by atoms with Gasteiger partial charge in [-0.05, 0) is 60.8 Å². The maximum absolute atomic E-state index is 13.6. The molecule has 0 aliphatic carbocycles. The molecule has 0 bridgehead atoms. The van der Waals surface area contributed by atoms with Crippen molar-refractivity contribution in [3.63, 3.8) is 0 Å². The van der Waals surface area contributed by atoms with Gasteiger partial charge in [0, 0.05) is 24.8 Å². The van der Waals surface area contributed by atoms with E-state index in [1.165, 1.54) is 12.3 Å². The summed E-state index contributed by atoms with van der Waals surface area (Å²) in [6.07, 6.45) is 5.00. The minimum absolute atomic E-state index is 0.0620. The molecule has 0 radical (unpaired) electrons. The van der Waals surface area contributed by atoms with Crippen molar-refractivity contribution < 1.29 is 13.6 Å². The van der Waals surface area contributed by atoms with Crippen LogP contribution in [0.25, 0.3) is 22.2 Å². The van der Waals surface area contributed by atoms with Crippen molar-refractivity contribution in [2.45, 2.75) is 19.4 Å². The molecule has 6 nitrogen and oxygen atoms in total. The number of imidazole rings is 1. The summed E-state index contributed by atoms with van der Waals surface area (Å²) in [7, 11) is 0. The summed E-state index contributed by atoms with van der Waals surface area (Å²) in [5.74, 6) is -1.48. The van der Waals surface area contributed by atoms with Crippen LogP contribution in [0.4, 0.5) is 14.6 Å². The number of fused-ring (bicyclic) bond motifs is 1. The number of carbonyl (C=O) groups excluding carboxylic acids is 1. The van der Waals surface area contributed by atoms with E-state index in [0.717, 1.165) is 47.6 Å². The summed E-state index contributed by atoms with van der Waals surface area (Å²) in [5.41, 5.74) is 3.73. The quantitative estimate of drug-likeness (QED) is 0.420. The average Bonchev–Trinajstić information content (AvgIpc) is 3.25. The van der Waals surface area contributed by atoms with E-state index in [2.05, 4.69) is 20.6 Å². The minimum atomic E-state index is -0.884. The molecule has 1 fully saturated rings. The van der Waals surface area contributed by atoms with Gasteiger partial charge >= 0.3 is 0 Å². The Balaban J connectivity index is 1.43. The maximum atomic E-state index is 13.6. The summed E-state index contributed by atoms with van der Waals surface area (Å²) in [5, 5.41) is 6.59. The molecule has 1 atom stereocenters. The van der Waals surface area contributed by atoms with Gasteiger partial charge in [-0.3, -0.25) is 4.79 Å². The van der Waals surface area contributed by atoms with E-state index in [4.69, 9.17) is 11.6 Å². The van der Waals surface area contributed by atoms with Gasteiger partial charge in [-0.1, -0.05) is 23.7 Å². The van der Waals surface area contributed by atoms with Crippen LogP contribution in [-0.2, 0) is 11.3 Å². The highest BCUT2D eigenvalue weighted by molar-refractivity contribution is 6.33. The number of pyridine rings is 1. The highest BCUT2D eigenvalue weighted by Gasteiger charge is 2.21. The molecule has 1 aliphatic rings. The third-order valence-electron chi connectivity index (χ3n) is 6.04. The van der Waals surface area contributed by atoms with E-state index in [9.17, 15) is 13.6 Å². The van der Waals surface area contributed by atoms with Crippen LogP contribution in [-0.4, -0.2) is 33.5 Å². The summed E-state index contributed by atoms with van der Waals surface area (Å²) >= 11 is 6.46. The van der Waals surface area contributed by atoms with Crippen LogP contribution in [0.1, 0.15) is 18.4 Å². The molecular formula is C25H22ClF2N5O. The standard InChI is InChI=1S/C25H22ClF2N5O/c26-19-12-30-24(32-25(34)17-2-1-7-29-11-17)10-18(19)16-4-6-22-23(9-16)33(14-31-22)13-15-3-5-20(27)21(28)8-15/h3-6,8-10,12,14,17,29H,1-2,7,11,13H2,(H,30,32,34)/t17-/m1/s1. The van der Waals surface area contributed by atoms with Crippen molar-refractivity contribution in [3.05, 3.63) is 77.2 Å². The zero-order valence-electron chi connectivity index (χ0n) is 18.2. The molecule has 2 aromatic heterocycles. The van der Waals surface area contributed by atoms with E-state index in [-0.39, 0.29) is 11.8 Å². The topological polar surface area (TPSA) is 71.8 Å². The molecule has 34 heavy (non-hydrogen) atoms. The first-order chi connectivity index (χ1) is 16.5. The van der Waals surface area contributed by atoms with Gasteiger partial charge in [-0.2, -0.15) is 0 Å². The van der Waals surface area contributed by atoms with Gasteiger partial charge in [0.25, 0.3) is 0 Å². The Labute approximate surface area is 200 Å². The number of benzene rings is 2. The first-order valence-corrected chi connectivity index (χ1v) is 11.4. The Morgan fingerprint density at radius 2 is 2.03 bits per heavy atom. The first-order valence-electron chi connectivity index (χ1n) is 11.0. The van der Waals surface area contributed by atoms with Crippen LogP contribution in [0, 0.1) is 17.6 Å². The second-order valence-corrected chi connectivity index (χ2v) is 8.81. The maximum Gasteiger partial charge on any atom is 0.229 e. The van der Waals surface area contributed by atoms with Gasteiger partial charge in [-0.15, -0.1) is 0 Å². The van der Waals surface area contributed by atoms with Crippen molar-refractivity contribution in [2.24, 2.45) is 5.92 Å². The molecule has 2 aromatic carbocycles. The number of hydrogen-bond acceptors (Lipinski definition) is 4. The Bertz CT molecular complexity index is 1370. The first kappa shape index (κ1) is 22.4. The predicted molar refractivity (Wildman–Crippen MR) is 128 cm³/mol. The summed E-state index contributed by atoms with van der Waals surface area (Å²) < 4.78 is 28.8. The highest BCUT2D eigenvalue weighted by atomic mass is 35.5. The molecule has 1 amide bonds. The smallest absolute Gasteiger partial charge is 0.229 e. The molecule has 1 aliphatic heterocycles. The van der Waals surface area contributed by atoms with Crippen LogP contribution >= 0.6 is 11.6 Å². The van der Waals surface area contributed by atoms with Crippen molar-refractivity contribution in [1.29, 1.82) is 0 Å². The Morgan fingerprint density at radius 3 is 2.82 bits per heavy atom. The van der Waals surface area contributed by atoms with Crippen molar-refractivity contribution >= 4 is 34.4 Å². The molecule has 2 N–H and O–H groups in total. The third-order valence-corrected chi connectivity index (χ3v) is 6.34. The summed E-state index contributed by atoms with van der Waals surface area (Å²) in [4.78, 5) is 21.3. The van der Waals surface area contributed by atoms with Gasteiger partial charge in [0.2, 0.25) is 5.91 Å². The molecule has 0 spiro atoms. The van der Waals surface area contributed by atoms with E-state index in [0.29, 0.717) is 29.5 Å². The fraction of sp³-hybridized carbons (Fsp3) is 0.240. The molecule has 3 heterocycles. The van der Waals surface area contributed by atoms with E-state index >= 15 is 0 Å². The lowest BCUT2D eigenvalue weighted by molar-refractivity contribution is -0.120. The number of hydrogen-bond donors (Lipinski definition) is 2. The molecule has 0 unspecified atom stereocenters. The Hall–Kier alpha value is -3.36. The highest BCUT2D eigenvalue weighted by Crippen LogP contribution is 2.32. The number of anilines is 1. The van der Waals surface area contributed by atoms with Crippen LogP contribution in [0.5, 0.6) is 0 Å². The van der Waals surface area contributed by atoms with E-state index in [1.807, 2.05) is 22.8 Å². The zero-order valence-corrected chi connectivity index (χ0v) is 18.9. The van der Waals surface area contributed by atoms with Gasteiger partial charge in [0.05, 0.1) is 28.3 Å². The molecule has 4 aromatic rings. The number of piperidine rings is 1. The number of halogens is 3. The lowest BCUT2D eigenvalue weighted by Crippen LogP contribution is -2.37. The number of carbonyl (C=O) groups is 1. The average molecular weight is 482 g/mol. The number of rotatable bonds is 5. The van der Waals surface area contributed by atoms with E-state index in [1.54, 1.807) is 18.5 Å². The molecule has 174 valence electrons. The molecular weight excluding hydrogens is 460 g/mol. The lowest BCUT2D eigenvalue weighted by atomic mass is 9.99. The Kier molecular flexibility index (Phi) is 6.26. The summed E-state index contributed by atoms with van der Waals surface area (Å²) in [6.45, 7) is 1.92. The van der Waals surface area contributed by atoms with Crippen molar-refractivity contribution in [2.75, 3.05) is 18.4 Å². The largest absolute Gasteiger partial charge is 0.326 e. The zero-order chi connectivity index (χ0) is 23.7. The van der Waals surface area contributed by atoms with Gasteiger partial charge in [0.15, 0.2) is 11.6 Å². The molecule has 5 rings (SSSR count). The SMILES string of the molecule is O=C(Nc1cc(-c2ccc3ncn(Cc4ccc(F)c(F)c4)c3c2)c(Cl)cn1)[C@@H]1CCCNC1. The van der Waals surface area contributed by atoms with Crippen molar-refractivity contribution in [3.8, 4) is 11.1 Å². The fourth-order valence-corrected chi connectivity index (χ4v) is 4.43. The van der Waals surface area contributed by atoms with Crippen molar-refractivity contribution in [1.82, 2.24) is 19.9 Å². The number of amides is 1. The van der Waals surface area contributed by atoms with Crippen LogP contribution in [0.2, 0.25) is 5.02 Å². The summed E-state index contributed by atoms with van der Waals surface area (Å²) in [6, 6.07) is 11.3. The molecule has 9 heteroatoms. The second-order valence-electron chi connectivity index (χ2n) is 8.41. The van der Waals surface area contributed by atoms with Crippen LogP contribution in [0.3, 0.4) is 0 Å². The van der Waals surface area contributed by atoms with Gasteiger partial charge in [0.1, 0.15) is 5.82 Å². The number of aromatic nitrogens is 3. The van der Waals surface area contributed by atoms with Gasteiger partial charge < -0.3 is 15.2 Å². The normalized spacial score (nSPS) is 16.0. The molecule has 1 saturated heterocycles. The minimum Gasteiger partial charge on any atom is -0.326 e. The lowest BCUT2D eigenvalue weighted by Gasteiger charge is -2.21. The predicted octanol–water partition coefficient (Wildman–Crippen LogP) is 5.02. The number of nitrogens with zero attached hydrogens (tertiary/aromatic N) is 3. The Morgan fingerprint density at radius 1 is 1.15 bits per heavy atom.